The van der Waals surface area contributed by atoms with E-state index in [1.54, 1.807) is 6.08 Å². The SMILES string of the molecule is CC(C)(C)c1ccc(C=CC(=O)N2CCN(C(c3ccccc3)c3ccccc3)CC2)cc1. The van der Waals surface area contributed by atoms with Crippen molar-refractivity contribution in [1.82, 2.24) is 9.80 Å². The molecule has 1 aliphatic rings. The first-order valence-electron chi connectivity index (χ1n) is 11.8. The van der Waals surface area contributed by atoms with Gasteiger partial charge in [-0.05, 0) is 33.7 Å². The minimum atomic E-state index is 0.0884. The molecular formula is C30H34N2O. The van der Waals surface area contributed by atoms with Gasteiger partial charge in [0.1, 0.15) is 0 Å². The summed E-state index contributed by atoms with van der Waals surface area (Å²) in [6, 6.07) is 30.0. The van der Waals surface area contributed by atoms with Gasteiger partial charge in [0.05, 0.1) is 6.04 Å². The van der Waals surface area contributed by atoms with Gasteiger partial charge in [0.15, 0.2) is 0 Å². The average Bonchev–Trinajstić information content (AvgIpc) is 2.84. The standard InChI is InChI=1S/C30H34N2O/c1-30(2,3)27-17-14-24(15-18-27)16-19-28(33)31-20-22-32(23-21-31)29(25-10-6-4-7-11-25)26-12-8-5-9-13-26/h4-19,29H,20-23H2,1-3H3. The maximum atomic E-state index is 12.8. The number of nitrogens with zero attached hydrogens (tertiary/aromatic N) is 2. The molecular weight excluding hydrogens is 404 g/mol. The van der Waals surface area contributed by atoms with Crippen LogP contribution in [0.2, 0.25) is 0 Å². The summed E-state index contributed by atoms with van der Waals surface area (Å²) in [5.74, 6) is 0.0884. The highest BCUT2D eigenvalue weighted by Crippen LogP contribution is 2.29. The molecule has 0 atom stereocenters. The van der Waals surface area contributed by atoms with Gasteiger partial charge in [-0.25, -0.2) is 0 Å². The number of amides is 1. The number of rotatable bonds is 5. The molecule has 3 aromatic rings. The van der Waals surface area contributed by atoms with Crippen molar-refractivity contribution in [1.29, 1.82) is 0 Å². The summed E-state index contributed by atoms with van der Waals surface area (Å²) < 4.78 is 0. The third-order valence-corrected chi connectivity index (χ3v) is 6.42. The molecule has 3 aromatic carbocycles. The number of hydrogen-bond donors (Lipinski definition) is 0. The average molecular weight is 439 g/mol. The minimum Gasteiger partial charge on any atom is -0.337 e. The van der Waals surface area contributed by atoms with Crippen molar-refractivity contribution in [2.75, 3.05) is 26.2 Å². The van der Waals surface area contributed by atoms with Gasteiger partial charge in [0.25, 0.3) is 0 Å². The summed E-state index contributed by atoms with van der Waals surface area (Å²) in [4.78, 5) is 17.3. The Hall–Kier alpha value is -3.17. The minimum absolute atomic E-state index is 0.0884. The molecule has 0 spiro atoms. The number of benzene rings is 3. The van der Waals surface area contributed by atoms with Crippen LogP contribution in [0.25, 0.3) is 6.08 Å². The first kappa shape index (κ1) is 23.0. The zero-order valence-electron chi connectivity index (χ0n) is 19.9. The largest absolute Gasteiger partial charge is 0.337 e. The van der Waals surface area contributed by atoms with Crippen LogP contribution in [0.4, 0.5) is 0 Å². The van der Waals surface area contributed by atoms with E-state index in [1.807, 2.05) is 11.0 Å². The number of carbonyl (C=O) groups excluding carboxylic acids is 1. The summed E-state index contributed by atoms with van der Waals surface area (Å²) in [5.41, 5.74) is 5.08. The third-order valence-electron chi connectivity index (χ3n) is 6.42. The fourth-order valence-corrected chi connectivity index (χ4v) is 4.45. The molecule has 0 bridgehead atoms. The number of piperazine rings is 1. The van der Waals surface area contributed by atoms with Gasteiger partial charge in [-0.3, -0.25) is 9.69 Å². The molecule has 0 aliphatic carbocycles. The van der Waals surface area contributed by atoms with Crippen LogP contribution in [0.1, 0.15) is 49.1 Å². The lowest BCUT2D eigenvalue weighted by molar-refractivity contribution is -0.127. The van der Waals surface area contributed by atoms with Gasteiger partial charge in [-0.1, -0.05) is 106 Å². The van der Waals surface area contributed by atoms with Crippen molar-refractivity contribution in [2.24, 2.45) is 0 Å². The summed E-state index contributed by atoms with van der Waals surface area (Å²) >= 11 is 0. The van der Waals surface area contributed by atoms with Crippen molar-refractivity contribution < 1.29 is 4.79 Å². The van der Waals surface area contributed by atoms with Crippen LogP contribution in [-0.4, -0.2) is 41.9 Å². The Morgan fingerprint density at radius 2 is 1.27 bits per heavy atom. The van der Waals surface area contributed by atoms with E-state index >= 15 is 0 Å². The summed E-state index contributed by atoms with van der Waals surface area (Å²) in [6.07, 6.45) is 3.64. The van der Waals surface area contributed by atoms with Gasteiger partial charge in [0, 0.05) is 32.3 Å². The zero-order valence-corrected chi connectivity index (χ0v) is 19.9. The van der Waals surface area contributed by atoms with Crippen LogP contribution in [0.5, 0.6) is 0 Å². The Kier molecular flexibility index (Phi) is 7.10. The van der Waals surface area contributed by atoms with E-state index in [1.165, 1.54) is 16.7 Å². The Morgan fingerprint density at radius 3 is 1.76 bits per heavy atom. The molecule has 0 saturated carbocycles. The summed E-state index contributed by atoms with van der Waals surface area (Å²) in [6.45, 7) is 9.82. The van der Waals surface area contributed by atoms with Gasteiger partial charge >= 0.3 is 0 Å². The maximum Gasteiger partial charge on any atom is 0.246 e. The molecule has 1 amide bonds. The molecule has 3 nitrogen and oxygen atoms in total. The van der Waals surface area contributed by atoms with Crippen LogP contribution >= 0.6 is 0 Å². The lowest BCUT2D eigenvalue weighted by Gasteiger charge is -2.39. The molecule has 1 saturated heterocycles. The summed E-state index contributed by atoms with van der Waals surface area (Å²) in [5, 5.41) is 0. The van der Waals surface area contributed by atoms with E-state index in [-0.39, 0.29) is 17.4 Å². The predicted octanol–water partition coefficient (Wildman–Crippen LogP) is 5.93. The van der Waals surface area contributed by atoms with Crippen molar-refractivity contribution >= 4 is 12.0 Å². The molecule has 1 fully saturated rings. The van der Waals surface area contributed by atoms with Gasteiger partial charge in [-0.2, -0.15) is 0 Å². The fraction of sp³-hybridized carbons (Fsp3) is 0.300. The summed E-state index contributed by atoms with van der Waals surface area (Å²) in [7, 11) is 0. The van der Waals surface area contributed by atoms with E-state index < -0.39 is 0 Å². The highest BCUT2D eigenvalue weighted by molar-refractivity contribution is 5.91. The van der Waals surface area contributed by atoms with Gasteiger partial charge in [-0.15, -0.1) is 0 Å². The van der Waals surface area contributed by atoms with E-state index in [0.717, 1.165) is 31.7 Å². The second kappa shape index (κ2) is 10.2. The molecule has 3 heteroatoms. The van der Waals surface area contributed by atoms with Crippen molar-refractivity contribution in [3.63, 3.8) is 0 Å². The second-order valence-corrected chi connectivity index (χ2v) is 9.79. The number of hydrogen-bond acceptors (Lipinski definition) is 2. The highest BCUT2D eigenvalue weighted by Gasteiger charge is 2.27. The third kappa shape index (κ3) is 5.80. The molecule has 1 aliphatic heterocycles. The fourth-order valence-electron chi connectivity index (χ4n) is 4.45. The first-order chi connectivity index (χ1) is 15.9. The quantitative estimate of drug-likeness (QED) is 0.461. The molecule has 0 radical (unpaired) electrons. The van der Waals surface area contributed by atoms with E-state index in [4.69, 9.17) is 0 Å². The zero-order chi connectivity index (χ0) is 23.3. The van der Waals surface area contributed by atoms with E-state index in [9.17, 15) is 4.79 Å². The van der Waals surface area contributed by atoms with Gasteiger partial charge < -0.3 is 4.90 Å². The molecule has 1 heterocycles. The van der Waals surface area contributed by atoms with E-state index in [2.05, 4.69) is 111 Å². The van der Waals surface area contributed by atoms with Crippen LogP contribution in [0.15, 0.2) is 91.0 Å². The smallest absolute Gasteiger partial charge is 0.246 e. The highest BCUT2D eigenvalue weighted by atomic mass is 16.2. The van der Waals surface area contributed by atoms with Crippen molar-refractivity contribution in [3.05, 3.63) is 113 Å². The van der Waals surface area contributed by atoms with Crippen LogP contribution in [-0.2, 0) is 10.2 Å². The van der Waals surface area contributed by atoms with E-state index in [0.29, 0.717) is 0 Å². The molecule has 0 N–H and O–H groups in total. The molecule has 0 aromatic heterocycles. The molecule has 0 unspecified atom stereocenters. The van der Waals surface area contributed by atoms with Crippen molar-refractivity contribution in [3.8, 4) is 0 Å². The lowest BCUT2D eigenvalue weighted by Crippen LogP contribution is -2.49. The Morgan fingerprint density at radius 1 is 0.758 bits per heavy atom. The van der Waals surface area contributed by atoms with Crippen molar-refractivity contribution in [2.45, 2.75) is 32.2 Å². The molecule has 4 rings (SSSR count). The normalized spacial score (nSPS) is 15.3. The van der Waals surface area contributed by atoms with Crippen LogP contribution in [0.3, 0.4) is 0 Å². The van der Waals surface area contributed by atoms with Gasteiger partial charge in [0.2, 0.25) is 5.91 Å². The topological polar surface area (TPSA) is 23.6 Å². The lowest BCUT2D eigenvalue weighted by atomic mass is 9.87. The molecule has 170 valence electrons. The molecule has 33 heavy (non-hydrogen) atoms. The van der Waals surface area contributed by atoms with Crippen LogP contribution < -0.4 is 0 Å². The van der Waals surface area contributed by atoms with Crippen LogP contribution in [0, 0.1) is 0 Å². The number of carbonyl (C=O) groups is 1. The Bertz CT molecular complexity index is 1020. The second-order valence-electron chi connectivity index (χ2n) is 9.79. The predicted molar refractivity (Wildman–Crippen MR) is 137 cm³/mol. The maximum absolute atomic E-state index is 12.8. The Balaban J connectivity index is 1.40. The Labute approximate surface area is 198 Å². The monoisotopic (exact) mass is 438 g/mol. The first-order valence-corrected chi connectivity index (χ1v) is 11.8.